The molecule has 0 unspecified atom stereocenters. The van der Waals surface area contributed by atoms with E-state index in [0.717, 1.165) is 45.1 Å². The van der Waals surface area contributed by atoms with Crippen molar-refractivity contribution in [2.45, 2.75) is 39.2 Å². The second kappa shape index (κ2) is 8.79. The minimum absolute atomic E-state index is 0.0352. The van der Waals surface area contributed by atoms with Crippen LogP contribution in [0.2, 0.25) is 0 Å². The van der Waals surface area contributed by atoms with Crippen LogP contribution in [0, 0.1) is 0 Å². The van der Waals surface area contributed by atoms with Crippen LogP contribution >= 0.6 is 0 Å². The molecular weight excluding hydrogens is 314 g/mol. The number of nitrogens with one attached hydrogen (secondary N) is 1. The molecule has 1 aliphatic rings. The van der Waals surface area contributed by atoms with Gasteiger partial charge in [-0.2, -0.15) is 0 Å². The van der Waals surface area contributed by atoms with Crippen molar-refractivity contribution < 1.29 is 9.53 Å². The fraction of sp³-hybridized carbons (Fsp3) is 0.650. The Morgan fingerprint density at radius 1 is 1.24 bits per heavy atom. The van der Waals surface area contributed by atoms with E-state index in [1.165, 1.54) is 5.56 Å². The maximum atomic E-state index is 12.5. The van der Waals surface area contributed by atoms with Gasteiger partial charge < -0.3 is 10.1 Å². The molecule has 0 aliphatic carbocycles. The molecule has 25 heavy (non-hydrogen) atoms. The van der Waals surface area contributed by atoms with Crippen LogP contribution < -0.4 is 5.32 Å². The molecule has 1 aromatic rings. The summed E-state index contributed by atoms with van der Waals surface area (Å²) in [6.07, 6.45) is 0. The van der Waals surface area contributed by atoms with Crippen LogP contribution in [0.15, 0.2) is 24.3 Å². The van der Waals surface area contributed by atoms with Crippen LogP contribution in [0.3, 0.4) is 0 Å². The van der Waals surface area contributed by atoms with Crippen molar-refractivity contribution in [1.82, 2.24) is 9.80 Å². The summed E-state index contributed by atoms with van der Waals surface area (Å²) >= 11 is 0. The molecule has 1 fully saturated rings. The molecule has 0 bridgehead atoms. The molecule has 1 atom stereocenters. The number of carbonyl (C=O) groups excluding carboxylic acids is 1. The van der Waals surface area contributed by atoms with Crippen LogP contribution in [-0.4, -0.2) is 68.2 Å². The summed E-state index contributed by atoms with van der Waals surface area (Å²) < 4.78 is 5.37. The molecule has 1 heterocycles. The summed E-state index contributed by atoms with van der Waals surface area (Å²) in [5.74, 6) is 0.0352. The highest BCUT2D eigenvalue weighted by Gasteiger charge is 2.20. The van der Waals surface area contributed by atoms with E-state index in [1.807, 2.05) is 26.1 Å². The number of hydrogen-bond donors (Lipinski definition) is 1. The van der Waals surface area contributed by atoms with E-state index in [1.54, 1.807) is 0 Å². The predicted molar refractivity (Wildman–Crippen MR) is 103 cm³/mol. The SMILES string of the molecule is C[C@@H](C(=O)Nc1ccc(C(C)(C)C)cc1)N(C)CCN1CCOCC1. The molecule has 2 rings (SSSR count). The van der Waals surface area contributed by atoms with Gasteiger partial charge in [-0.05, 0) is 37.1 Å². The second-order valence-corrected chi connectivity index (χ2v) is 7.93. The first-order valence-electron chi connectivity index (χ1n) is 9.19. The monoisotopic (exact) mass is 347 g/mol. The summed E-state index contributed by atoms with van der Waals surface area (Å²) in [7, 11) is 2.01. The molecule has 0 saturated carbocycles. The zero-order valence-electron chi connectivity index (χ0n) is 16.3. The number of morpholine rings is 1. The average Bonchev–Trinajstić information content (AvgIpc) is 2.59. The van der Waals surface area contributed by atoms with Gasteiger partial charge in [0.2, 0.25) is 5.91 Å². The van der Waals surface area contributed by atoms with Crippen molar-refractivity contribution in [3.63, 3.8) is 0 Å². The van der Waals surface area contributed by atoms with Gasteiger partial charge in [-0.3, -0.25) is 14.6 Å². The molecule has 140 valence electrons. The summed E-state index contributed by atoms with van der Waals surface area (Å²) in [5.41, 5.74) is 2.24. The molecule has 5 nitrogen and oxygen atoms in total. The summed E-state index contributed by atoms with van der Waals surface area (Å²) in [4.78, 5) is 17.0. The van der Waals surface area contributed by atoms with E-state index in [4.69, 9.17) is 4.74 Å². The van der Waals surface area contributed by atoms with Crippen LogP contribution in [0.4, 0.5) is 5.69 Å². The highest BCUT2D eigenvalue weighted by atomic mass is 16.5. The summed E-state index contributed by atoms with van der Waals surface area (Å²) in [6.45, 7) is 13.9. The topological polar surface area (TPSA) is 44.8 Å². The van der Waals surface area contributed by atoms with Gasteiger partial charge in [-0.15, -0.1) is 0 Å². The predicted octanol–water partition coefficient (Wildman–Crippen LogP) is 2.58. The van der Waals surface area contributed by atoms with Gasteiger partial charge >= 0.3 is 0 Å². The molecule has 1 aliphatic heterocycles. The fourth-order valence-corrected chi connectivity index (χ4v) is 2.82. The van der Waals surface area contributed by atoms with E-state index in [9.17, 15) is 4.79 Å². The number of carbonyl (C=O) groups is 1. The molecule has 0 radical (unpaired) electrons. The number of nitrogens with zero attached hydrogens (tertiary/aromatic N) is 2. The van der Waals surface area contributed by atoms with E-state index < -0.39 is 0 Å². The summed E-state index contributed by atoms with van der Waals surface area (Å²) in [6, 6.07) is 7.98. The lowest BCUT2D eigenvalue weighted by Crippen LogP contribution is -2.45. The van der Waals surface area contributed by atoms with E-state index >= 15 is 0 Å². The number of amides is 1. The maximum Gasteiger partial charge on any atom is 0.241 e. The molecule has 0 spiro atoms. The Bertz CT molecular complexity index is 545. The smallest absolute Gasteiger partial charge is 0.241 e. The van der Waals surface area contributed by atoms with Crippen LogP contribution in [0.25, 0.3) is 0 Å². The lowest BCUT2D eigenvalue weighted by atomic mass is 9.87. The maximum absolute atomic E-state index is 12.5. The Kier molecular flexibility index (Phi) is 6.99. The Hall–Kier alpha value is -1.43. The zero-order valence-corrected chi connectivity index (χ0v) is 16.3. The fourth-order valence-electron chi connectivity index (χ4n) is 2.82. The Morgan fingerprint density at radius 2 is 1.84 bits per heavy atom. The minimum atomic E-state index is -0.164. The first-order chi connectivity index (χ1) is 11.8. The minimum Gasteiger partial charge on any atom is -0.379 e. The van der Waals surface area contributed by atoms with Crippen molar-refractivity contribution in [3.05, 3.63) is 29.8 Å². The van der Waals surface area contributed by atoms with Gasteiger partial charge in [0.25, 0.3) is 0 Å². The van der Waals surface area contributed by atoms with Crippen molar-refractivity contribution in [2.75, 3.05) is 51.8 Å². The van der Waals surface area contributed by atoms with Crippen LogP contribution in [-0.2, 0) is 14.9 Å². The Balaban J connectivity index is 1.82. The third-order valence-electron chi connectivity index (χ3n) is 4.93. The van der Waals surface area contributed by atoms with Crippen molar-refractivity contribution in [1.29, 1.82) is 0 Å². The van der Waals surface area contributed by atoms with E-state index in [-0.39, 0.29) is 17.4 Å². The van der Waals surface area contributed by atoms with Crippen LogP contribution in [0.1, 0.15) is 33.3 Å². The van der Waals surface area contributed by atoms with Gasteiger partial charge in [0.15, 0.2) is 0 Å². The number of rotatable bonds is 6. The van der Waals surface area contributed by atoms with Crippen molar-refractivity contribution in [3.8, 4) is 0 Å². The molecule has 1 amide bonds. The Morgan fingerprint density at radius 3 is 2.40 bits per heavy atom. The standard InChI is InChI=1S/C20H33N3O2/c1-16(22(5)10-11-23-12-14-25-15-13-23)19(24)21-18-8-6-17(7-9-18)20(2,3)4/h6-9,16H,10-15H2,1-5H3,(H,21,24)/t16-/m0/s1. The first-order valence-corrected chi connectivity index (χ1v) is 9.19. The quantitative estimate of drug-likeness (QED) is 0.859. The van der Waals surface area contributed by atoms with E-state index in [2.05, 4.69) is 48.0 Å². The number of ether oxygens (including phenoxy) is 1. The lowest BCUT2D eigenvalue weighted by Gasteiger charge is -2.30. The highest BCUT2D eigenvalue weighted by Crippen LogP contribution is 2.23. The van der Waals surface area contributed by atoms with Crippen molar-refractivity contribution in [2.24, 2.45) is 0 Å². The third-order valence-corrected chi connectivity index (χ3v) is 4.93. The third kappa shape index (κ3) is 6.10. The van der Waals surface area contributed by atoms with Gasteiger partial charge in [-0.1, -0.05) is 32.9 Å². The zero-order chi connectivity index (χ0) is 18.4. The molecule has 1 N–H and O–H groups in total. The van der Waals surface area contributed by atoms with Crippen LogP contribution in [0.5, 0.6) is 0 Å². The Labute approximate surface area is 152 Å². The van der Waals surface area contributed by atoms with Gasteiger partial charge in [0.1, 0.15) is 0 Å². The number of hydrogen-bond acceptors (Lipinski definition) is 4. The first kappa shape index (κ1) is 19.9. The number of anilines is 1. The molecule has 5 heteroatoms. The number of benzene rings is 1. The molecule has 1 aromatic carbocycles. The average molecular weight is 348 g/mol. The van der Waals surface area contributed by atoms with Gasteiger partial charge in [0.05, 0.1) is 19.3 Å². The normalized spacial score (nSPS) is 17.5. The second-order valence-electron chi connectivity index (χ2n) is 7.93. The molecule has 0 aromatic heterocycles. The van der Waals surface area contributed by atoms with Gasteiger partial charge in [-0.25, -0.2) is 0 Å². The molecule has 1 saturated heterocycles. The van der Waals surface area contributed by atoms with Gasteiger partial charge in [0, 0.05) is 31.9 Å². The lowest BCUT2D eigenvalue weighted by molar-refractivity contribution is -0.120. The van der Waals surface area contributed by atoms with E-state index in [0.29, 0.717) is 0 Å². The molecular formula is C20H33N3O2. The van der Waals surface area contributed by atoms with Crippen molar-refractivity contribution >= 4 is 11.6 Å². The highest BCUT2D eigenvalue weighted by molar-refractivity contribution is 5.94. The number of likely N-dealkylation sites (N-methyl/N-ethyl adjacent to an activating group) is 1. The largest absolute Gasteiger partial charge is 0.379 e. The summed E-state index contributed by atoms with van der Waals surface area (Å²) in [5, 5.41) is 3.02.